The van der Waals surface area contributed by atoms with Crippen LogP contribution in [0.1, 0.15) is 16.8 Å². The summed E-state index contributed by atoms with van der Waals surface area (Å²) >= 11 is 0. The lowest BCUT2D eigenvalue weighted by molar-refractivity contribution is -0.385. The standard InChI is InChI=1S/C11H14N4O4/c1-12-10-4-8(9(5-13-10)15(17)18)11(16)14-7-2-3-19-6-7/h4-5,7H,2-3,6H2,1H3,(H,12,13)(H,14,16). The van der Waals surface area contributed by atoms with Crippen molar-refractivity contribution in [3.05, 3.63) is 27.9 Å². The van der Waals surface area contributed by atoms with Crippen molar-refractivity contribution >= 4 is 17.4 Å². The van der Waals surface area contributed by atoms with Gasteiger partial charge in [0.25, 0.3) is 11.6 Å². The first kappa shape index (κ1) is 13.2. The number of carbonyl (C=O) groups is 1. The fourth-order valence-corrected chi connectivity index (χ4v) is 1.82. The lowest BCUT2D eigenvalue weighted by Crippen LogP contribution is -2.35. The third-order valence-electron chi connectivity index (χ3n) is 2.85. The summed E-state index contributed by atoms with van der Waals surface area (Å²) in [5.41, 5.74) is -0.313. The van der Waals surface area contributed by atoms with Crippen LogP contribution in [0, 0.1) is 10.1 Å². The minimum absolute atomic E-state index is 0.00347. The van der Waals surface area contributed by atoms with Gasteiger partial charge in [0.15, 0.2) is 0 Å². The van der Waals surface area contributed by atoms with Gasteiger partial charge >= 0.3 is 0 Å². The molecule has 102 valence electrons. The van der Waals surface area contributed by atoms with Crippen molar-refractivity contribution in [3.8, 4) is 0 Å². The van der Waals surface area contributed by atoms with E-state index in [1.54, 1.807) is 7.05 Å². The van der Waals surface area contributed by atoms with E-state index in [2.05, 4.69) is 15.6 Å². The highest BCUT2D eigenvalue weighted by Gasteiger charge is 2.25. The summed E-state index contributed by atoms with van der Waals surface area (Å²) in [6.45, 7) is 1.02. The zero-order valence-electron chi connectivity index (χ0n) is 10.4. The van der Waals surface area contributed by atoms with E-state index in [1.807, 2.05) is 0 Å². The molecule has 0 spiro atoms. The van der Waals surface area contributed by atoms with Crippen LogP contribution in [0.3, 0.4) is 0 Å². The minimum Gasteiger partial charge on any atom is -0.379 e. The predicted molar refractivity (Wildman–Crippen MR) is 67.1 cm³/mol. The maximum atomic E-state index is 12.1. The summed E-state index contributed by atoms with van der Waals surface area (Å²) in [5, 5.41) is 16.4. The van der Waals surface area contributed by atoms with E-state index in [0.29, 0.717) is 25.5 Å². The summed E-state index contributed by atoms with van der Waals surface area (Å²) in [4.78, 5) is 26.2. The van der Waals surface area contributed by atoms with Crippen LogP contribution in [0.15, 0.2) is 12.3 Å². The minimum atomic E-state index is -0.619. The summed E-state index contributed by atoms with van der Waals surface area (Å²) in [6, 6.07) is 1.27. The molecule has 1 saturated heterocycles. The number of anilines is 1. The third-order valence-corrected chi connectivity index (χ3v) is 2.85. The van der Waals surface area contributed by atoms with E-state index in [9.17, 15) is 14.9 Å². The summed E-state index contributed by atoms with van der Waals surface area (Å²) in [6.07, 6.45) is 1.79. The highest BCUT2D eigenvalue weighted by Crippen LogP contribution is 2.20. The number of carbonyl (C=O) groups excluding carboxylic acids is 1. The van der Waals surface area contributed by atoms with Gasteiger partial charge in [0, 0.05) is 19.7 Å². The van der Waals surface area contributed by atoms with Crippen LogP contribution in [0.5, 0.6) is 0 Å². The number of nitrogens with zero attached hydrogens (tertiary/aromatic N) is 2. The molecule has 8 heteroatoms. The molecule has 0 aromatic carbocycles. The second kappa shape index (κ2) is 5.61. The van der Waals surface area contributed by atoms with Crippen molar-refractivity contribution in [1.29, 1.82) is 0 Å². The van der Waals surface area contributed by atoms with Crippen LogP contribution in [-0.4, -0.2) is 42.1 Å². The van der Waals surface area contributed by atoms with Crippen molar-refractivity contribution < 1.29 is 14.5 Å². The van der Waals surface area contributed by atoms with Crippen molar-refractivity contribution in [2.24, 2.45) is 0 Å². The Bertz CT molecular complexity index is 499. The molecular formula is C11H14N4O4. The first-order valence-corrected chi connectivity index (χ1v) is 5.82. The van der Waals surface area contributed by atoms with E-state index in [-0.39, 0.29) is 17.3 Å². The maximum Gasteiger partial charge on any atom is 0.300 e. The Morgan fingerprint density at radius 3 is 3.00 bits per heavy atom. The first-order valence-electron chi connectivity index (χ1n) is 5.82. The third kappa shape index (κ3) is 2.97. The summed E-state index contributed by atoms with van der Waals surface area (Å²) < 4.78 is 5.14. The van der Waals surface area contributed by atoms with E-state index < -0.39 is 10.8 Å². The molecule has 1 atom stereocenters. The Morgan fingerprint density at radius 2 is 2.42 bits per heavy atom. The second-order valence-electron chi connectivity index (χ2n) is 4.13. The van der Waals surface area contributed by atoms with Gasteiger partial charge in [0.1, 0.15) is 17.6 Å². The number of amides is 1. The molecule has 19 heavy (non-hydrogen) atoms. The average molecular weight is 266 g/mol. The molecule has 0 radical (unpaired) electrons. The SMILES string of the molecule is CNc1cc(C(=O)NC2CCOC2)c([N+](=O)[O-])cn1. The summed E-state index contributed by atoms with van der Waals surface area (Å²) in [7, 11) is 1.63. The number of nitro groups is 1. The molecule has 2 heterocycles. The highest BCUT2D eigenvalue weighted by atomic mass is 16.6. The molecule has 2 N–H and O–H groups in total. The van der Waals surface area contributed by atoms with E-state index in [1.165, 1.54) is 6.07 Å². The van der Waals surface area contributed by atoms with Gasteiger partial charge in [-0.15, -0.1) is 0 Å². The van der Waals surface area contributed by atoms with Crippen molar-refractivity contribution in [1.82, 2.24) is 10.3 Å². The highest BCUT2D eigenvalue weighted by molar-refractivity contribution is 5.98. The van der Waals surface area contributed by atoms with Crippen LogP contribution >= 0.6 is 0 Å². The van der Waals surface area contributed by atoms with Gasteiger partial charge < -0.3 is 15.4 Å². The number of aromatic nitrogens is 1. The number of nitrogens with one attached hydrogen (secondary N) is 2. The Morgan fingerprint density at radius 1 is 1.63 bits per heavy atom. The number of hydrogen-bond donors (Lipinski definition) is 2. The second-order valence-corrected chi connectivity index (χ2v) is 4.13. The smallest absolute Gasteiger partial charge is 0.300 e. The van der Waals surface area contributed by atoms with Gasteiger partial charge in [0.2, 0.25) is 0 Å². The van der Waals surface area contributed by atoms with E-state index in [4.69, 9.17) is 4.74 Å². The molecule has 0 aliphatic carbocycles. The van der Waals surface area contributed by atoms with E-state index in [0.717, 1.165) is 6.20 Å². The molecule has 1 amide bonds. The molecule has 0 saturated carbocycles. The topological polar surface area (TPSA) is 106 Å². The van der Waals surface area contributed by atoms with Gasteiger partial charge in [-0.3, -0.25) is 14.9 Å². The molecule has 1 unspecified atom stereocenters. The molecule has 1 aliphatic rings. The first-order chi connectivity index (χ1) is 9.11. The predicted octanol–water partition coefficient (Wildman–Crippen LogP) is 0.550. The lowest BCUT2D eigenvalue weighted by atomic mass is 10.2. The molecule has 1 fully saturated rings. The summed E-state index contributed by atoms with van der Waals surface area (Å²) in [5.74, 6) is -0.0838. The van der Waals surface area contributed by atoms with Crippen LogP contribution in [0.2, 0.25) is 0 Å². The molecular weight excluding hydrogens is 252 g/mol. The zero-order valence-corrected chi connectivity index (χ0v) is 10.4. The number of pyridine rings is 1. The molecule has 1 aromatic heterocycles. The van der Waals surface area contributed by atoms with Crippen molar-refractivity contribution in [2.45, 2.75) is 12.5 Å². The Hall–Kier alpha value is -2.22. The fourth-order valence-electron chi connectivity index (χ4n) is 1.82. The van der Waals surface area contributed by atoms with Gasteiger partial charge in [0.05, 0.1) is 17.6 Å². The van der Waals surface area contributed by atoms with Crippen molar-refractivity contribution in [3.63, 3.8) is 0 Å². The van der Waals surface area contributed by atoms with Gasteiger partial charge in [-0.05, 0) is 6.42 Å². The van der Waals surface area contributed by atoms with Crippen LogP contribution in [0.25, 0.3) is 0 Å². The molecule has 0 bridgehead atoms. The Kier molecular flexibility index (Phi) is 3.91. The zero-order chi connectivity index (χ0) is 13.8. The normalized spacial score (nSPS) is 18.1. The van der Waals surface area contributed by atoms with Gasteiger partial charge in [-0.25, -0.2) is 4.98 Å². The molecule has 1 aromatic rings. The lowest BCUT2D eigenvalue weighted by Gasteiger charge is -2.11. The number of rotatable bonds is 4. The maximum absolute atomic E-state index is 12.1. The fraction of sp³-hybridized carbons (Fsp3) is 0.455. The van der Waals surface area contributed by atoms with Gasteiger partial charge in [-0.1, -0.05) is 0 Å². The molecule has 1 aliphatic heterocycles. The largest absolute Gasteiger partial charge is 0.379 e. The van der Waals surface area contributed by atoms with E-state index >= 15 is 0 Å². The number of ether oxygens (including phenoxy) is 1. The molecule has 2 rings (SSSR count). The van der Waals surface area contributed by atoms with Crippen LogP contribution in [-0.2, 0) is 4.74 Å². The quantitative estimate of drug-likeness (QED) is 0.609. The Balaban J connectivity index is 2.24. The monoisotopic (exact) mass is 266 g/mol. The number of hydrogen-bond acceptors (Lipinski definition) is 6. The average Bonchev–Trinajstić information content (AvgIpc) is 2.90. The van der Waals surface area contributed by atoms with Crippen molar-refractivity contribution in [2.75, 3.05) is 25.6 Å². The van der Waals surface area contributed by atoms with Crippen LogP contribution in [0.4, 0.5) is 11.5 Å². The Labute approximate surface area is 109 Å². The van der Waals surface area contributed by atoms with Crippen LogP contribution < -0.4 is 10.6 Å². The molecule has 8 nitrogen and oxygen atoms in total. The van der Waals surface area contributed by atoms with Gasteiger partial charge in [-0.2, -0.15) is 0 Å².